The molecule has 136 valence electrons. The van der Waals surface area contributed by atoms with Gasteiger partial charge in [0, 0.05) is 18.4 Å². The Morgan fingerprint density at radius 3 is 2.73 bits per heavy atom. The van der Waals surface area contributed by atoms with Gasteiger partial charge in [0.15, 0.2) is 0 Å². The lowest BCUT2D eigenvalue weighted by Gasteiger charge is -2.19. The van der Waals surface area contributed by atoms with Crippen LogP contribution in [-0.4, -0.2) is 13.0 Å². The number of likely N-dealkylation sites (N-methyl/N-ethyl adjacent to an activating group) is 1. The van der Waals surface area contributed by atoms with Crippen molar-refractivity contribution in [3.05, 3.63) is 71.8 Å². The van der Waals surface area contributed by atoms with E-state index < -0.39 is 11.7 Å². The lowest BCUT2D eigenvalue weighted by atomic mass is 10.1. The molecule has 3 rings (SSSR count). The first-order chi connectivity index (χ1) is 12.3. The van der Waals surface area contributed by atoms with Crippen molar-refractivity contribution in [1.82, 2.24) is 0 Å². The highest BCUT2D eigenvalue weighted by atomic mass is 19.4. The molecule has 0 saturated carbocycles. The van der Waals surface area contributed by atoms with Crippen LogP contribution in [0.1, 0.15) is 29.2 Å². The van der Waals surface area contributed by atoms with Crippen molar-refractivity contribution < 1.29 is 18.0 Å². The van der Waals surface area contributed by atoms with Crippen molar-refractivity contribution in [3.63, 3.8) is 0 Å². The quantitative estimate of drug-likeness (QED) is 0.782. The van der Waals surface area contributed by atoms with E-state index in [2.05, 4.69) is 11.9 Å². The molecule has 0 aromatic heterocycles. The van der Waals surface area contributed by atoms with Gasteiger partial charge in [-0.3, -0.25) is 4.79 Å². The van der Waals surface area contributed by atoms with Gasteiger partial charge in [-0.15, -0.1) is 0 Å². The van der Waals surface area contributed by atoms with E-state index in [0.717, 1.165) is 41.8 Å². The third kappa shape index (κ3) is 3.59. The van der Waals surface area contributed by atoms with Gasteiger partial charge in [-0.25, -0.2) is 0 Å². The van der Waals surface area contributed by atoms with E-state index in [1.54, 1.807) is 13.1 Å². The van der Waals surface area contributed by atoms with Gasteiger partial charge in [-0.2, -0.15) is 13.2 Å². The Morgan fingerprint density at radius 1 is 1.27 bits per heavy atom. The van der Waals surface area contributed by atoms with Crippen molar-refractivity contribution in [3.8, 4) is 0 Å². The smallest absolute Gasteiger partial charge is 0.378 e. The van der Waals surface area contributed by atoms with Gasteiger partial charge in [0.05, 0.1) is 11.6 Å². The predicted molar refractivity (Wildman–Crippen MR) is 96.2 cm³/mol. The zero-order chi connectivity index (χ0) is 18.9. The van der Waals surface area contributed by atoms with Gasteiger partial charge >= 0.3 is 6.18 Å². The first kappa shape index (κ1) is 18.0. The average molecular weight is 360 g/mol. The minimum absolute atomic E-state index is 0.0528. The van der Waals surface area contributed by atoms with Crippen LogP contribution in [0.25, 0.3) is 0 Å². The van der Waals surface area contributed by atoms with E-state index in [0.29, 0.717) is 5.69 Å². The standard InChI is InChI=1S/C20H19F3N2O/c1-3-19(26)25(2)16-8-9-17-13(11-16)7-10-18(17)24-15-6-4-5-14(12-15)20(21,22)23/h3-6,8-9,11-12,18,24H,1,7,10H2,2H3. The summed E-state index contributed by atoms with van der Waals surface area (Å²) in [5.74, 6) is -0.193. The summed E-state index contributed by atoms with van der Waals surface area (Å²) < 4.78 is 38.6. The topological polar surface area (TPSA) is 32.3 Å². The third-order valence-corrected chi connectivity index (χ3v) is 4.63. The number of aryl methyl sites for hydroxylation is 1. The Hall–Kier alpha value is -2.76. The molecule has 1 aliphatic rings. The second kappa shape index (κ2) is 6.86. The average Bonchev–Trinajstić information content (AvgIpc) is 3.02. The number of carbonyl (C=O) groups is 1. The van der Waals surface area contributed by atoms with E-state index in [1.807, 2.05) is 18.2 Å². The number of nitrogens with one attached hydrogen (secondary N) is 1. The Balaban J connectivity index is 1.80. The molecule has 0 spiro atoms. The maximum Gasteiger partial charge on any atom is 0.416 e. The number of carbonyl (C=O) groups excluding carboxylic acids is 1. The Kier molecular flexibility index (Phi) is 4.76. The number of benzene rings is 2. The molecule has 1 atom stereocenters. The summed E-state index contributed by atoms with van der Waals surface area (Å²) >= 11 is 0. The number of nitrogens with zero attached hydrogens (tertiary/aromatic N) is 1. The minimum Gasteiger partial charge on any atom is -0.378 e. The number of halogens is 3. The normalized spacial score (nSPS) is 16.1. The number of hydrogen-bond acceptors (Lipinski definition) is 2. The van der Waals surface area contributed by atoms with Gasteiger partial charge in [0.2, 0.25) is 5.91 Å². The van der Waals surface area contributed by atoms with Crippen LogP contribution < -0.4 is 10.2 Å². The first-order valence-corrected chi connectivity index (χ1v) is 8.26. The highest BCUT2D eigenvalue weighted by molar-refractivity contribution is 6.00. The van der Waals surface area contributed by atoms with Gasteiger partial charge < -0.3 is 10.2 Å². The van der Waals surface area contributed by atoms with Gasteiger partial charge in [-0.05, 0) is 60.4 Å². The molecule has 1 unspecified atom stereocenters. The molecule has 3 nitrogen and oxygen atoms in total. The second-order valence-corrected chi connectivity index (χ2v) is 6.30. The van der Waals surface area contributed by atoms with Crippen molar-refractivity contribution in [2.45, 2.75) is 25.1 Å². The third-order valence-electron chi connectivity index (χ3n) is 4.63. The van der Waals surface area contributed by atoms with E-state index in [-0.39, 0.29) is 11.9 Å². The van der Waals surface area contributed by atoms with Crippen LogP contribution >= 0.6 is 0 Å². The molecular formula is C20H19F3N2O. The van der Waals surface area contributed by atoms with Crippen molar-refractivity contribution >= 4 is 17.3 Å². The van der Waals surface area contributed by atoms with E-state index >= 15 is 0 Å². The minimum atomic E-state index is -4.36. The highest BCUT2D eigenvalue weighted by Gasteiger charge is 2.31. The van der Waals surface area contributed by atoms with Crippen LogP contribution in [0.2, 0.25) is 0 Å². The fraction of sp³-hybridized carbons (Fsp3) is 0.250. The zero-order valence-corrected chi connectivity index (χ0v) is 14.3. The molecule has 0 fully saturated rings. The van der Waals surface area contributed by atoms with Crippen molar-refractivity contribution in [1.29, 1.82) is 0 Å². The number of alkyl halides is 3. The first-order valence-electron chi connectivity index (χ1n) is 8.26. The molecule has 6 heteroatoms. The van der Waals surface area contributed by atoms with E-state index in [4.69, 9.17) is 0 Å². The van der Waals surface area contributed by atoms with Gasteiger partial charge in [0.1, 0.15) is 0 Å². The summed E-state index contributed by atoms with van der Waals surface area (Å²) in [5, 5.41) is 3.20. The molecule has 1 amide bonds. The lowest BCUT2D eigenvalue weighted by Crippen LogP contribution is -2.23. The number of hydrogen-bond donors (Lipinski definition) is 1. The molecule has 2 aromatic carbocycles. The van der Waals surface area contributed by atoms with Crippen molar-refractivity contribution in [2.75, 3.05) is 17.3 Å². The summed E-state index contributed by atoms with van der Waals surface area (Å²) in [6.07, 6.45) is -1.52. The summed E-state index contributed by atoms with van der Waals surface area (Å²) in [4.78, 5) is 13.2. The Bertz CT molecular complexity index is 845. The lowest BCUT2D eigenvalue weighted by molar-refractivity contribution is -0.137. The number of amides is 1. The maximum atomic E-state index is 12.9. The van der Waals surface area contributed by atoms with Gasteiger partial charge in [0.25, 0.3) is 0 Å². The van der Waals surface area contributed by atoms with Crippen LogP contribution in [-0.2, 0) is 17.4 Å². The summed E-state index contributed by atoms with van der Waals surface area (Å²) in [6, 6.07) is 10.9. The number of anilines is 2. The van der Waals surface area contributed by atoms with Crippen LogP contribution in [0, 0.1) is 0 Å². The summed E-state index contributed by atoms with van der Waals surface area (Å²) in [5.41, 5.74) is 2.69. The molecule has 1 aliphatic carbocycles. The second-order valence-electron chi connectivity index (χ2n) is 6.30. The van der Waals surface area contributed by atoms with Crippen LogP contribution in [0.5, 0.6) is 0 Å². The number of fused-ring (bicyclic) bond motifs is 1. The van der Waals surface area contributed by atoms with E-state index in [1.165, 1.54) is 17.0 Å². The highest BCUT2D eigenvalue weighted by Crippen LogP contribution is 2.37. The molecule has 1 N–H and O–H groups in total. The van der Waals surface area contributed by atoms with Crippen LogP contribution in [0.15, 0.2) is 55.1 Å². The van der Waals surface area contributed by atoms with E-state index in [9.17, 15) is 18.0 Å². The molecule has 0 bridgehead atoms. The van der Waals surface area contributed by atoms with Crippen LogP contribution in [0.3, 0.4) is 0 Å². The molecule has 0 saturated heterocycles. The fourth-order valence-electron chi connectivity index (χ4n) is 3.21. The monoisotopic (exact) mass is 360 g/mol. The molecule has 0 heterocycles. The summed E-state index contributed by atoms with van der Waals surface area (Å²) in [6.45, 7) is 3.48. The maximum absolute atomic E-state index is 12.9. The van der Waals surface area contributed by atoms with Crippen LogP contribution in [0.4, 0.5) is 24.5 Å². The molecule has 0 aliphatic heterocycles. The molecular weight excluding hydrogens is 341 g/mol. The zero-order valence-electron chi connectivity index (χ0n) is 14.3. The predicted octanol–water partition coefficient (Wildman–Crippen LogP) is 4.95. The fourth-order valence-corrected chi connectivity index (χ4v) is 3.21. The Morgan fingerprint density at radius 2 is 2.04 bits per heavy atom. The largest absolute Gasteiger partial charge is 0.416 e. The SMILES string of the molecule is C=CC(=O)N(C)c1ccc2c(c1)CCC2Nc1cccc(C(F)(F)F)c1. The molecule has 26 heavy (non-hydrogen) atoms. The number of rotatable bonds is 4. The molecule has 2 aromatic rings. The summed E-state index contributed by atoms with van der Waals surface area (Å²) in [7, 11) is 1.68. The molecule has 0 radical (unpaired) electrons. The Labute approximate surface area is 150 Å². The van der Waals surface area contributed by atoms with Gasteiger partial charge in [-0.1, -0.05) is 18.7 Å². The van der Waals surface area contributed by atoms with Crippen molar-refractivity contribution in [2.24, 2.45) is 0 Å².